The molecule has 0 spiro atoms. The van der Waals surface area contributed by atoms with Crippen molar-refractivity contribution in [2.45, 2.75) is 32.7 Å². The number of hydrogen-bond donors (Lipinski definition) is 2. The maximum absolute atomic E-state index is 11.5. The zero-order valence-corrected chi connectivity index (χ0v) is 9.27. The molecule has 1 aliphatic rings. The lowest BCUT2D eigenvalue weighted by molar-refractivity contribution is 0.320. The van der Waals surface area contributed by atoms with Crippen LogP contribution in [0.5, 0.6) is 5.88 Å². The minimum atomic E-state index is -0.557. The second kappa shape index (κ2) is 4.15. The Labute approximate surface area is 92.7 Å². The van der Waals surface area contributed by atoms with Gasteiger partial charge in [0.25, 0.3) is 5.56 Å². The molecule has 1 aromatic rings. The van der Waals surface area contributed by atoms with E-state index in [1.54, 1.807) is 0 Å². The van der Waals surface area contributed by atoms with Crippen LogP contribution in [0.4, 0.5) is 0 Å². The van der Waals surface area contributed by atoms with Crippen molar-refractivity contribution in [3.05, 3.63) is 26.9 Å². The summed E-state index contributed by atoms with van der Waals surface area (Å²) in [6, 6.07) is 1.04. The van der Waals surface area contributed by atoms with Crippen LogP contribution in [0.25, 0.3) is 0 Å². The number of aromatic nitrogens is 2. The smallest absolute Gasteiger partial charge is 0.331 e. The first kappa shape index (κ1) is 11.0. The normalized spacial score (nSPS) is 24.8. The third-order valence-corrected chi connectivity index (χ3v) is 3.47. The van der Waals surface area contributed by atoms with Crippen molar-refractivity contribution in [3.63, 3.8) is 0 Å². The highest BCUT2D eigenvalue weighted by molar-refractivity contribution is 5.06. The third kappa shape index (κ3) is 2.03. The van der Waals surface area contributed by atoms with Gasteiger partial charge in [0, 0.05) is 6.54 Å². The zero-order chi connectivity index (χ0) is 11.7. The van der Waals surface area contributed by atoms with Gasteiger partial charge in [-0.05, 0) is 18.3 Å². The van der Waals surface area contributed by atoms with Crippen molar-refractivity contribution in [2.75, 3.05) is 0 Å². The van der Waals surface area contributed by atoms with Crippen LogP contribution in [0.2, 0.25) is 0 Å². The largest absolute Gasteiger partial charge is 0.494 e. The van der Waals surface area contributed by atoms with Crippen LogP contribution < -0.4 is 11.2 Å². The summed E-state index contributed by atoms with van der Waals surface area (Å²) in [6.45, 7) is 2.65. The van der Waals surface area contributed by atoms with Crippen LogP contribution in [0.15, 0.2) is 15.7 Å². The molecule has 0 saturated heterocycles. The van der Waals surface area contributed by atoms with Crippen LogP contribution in [0, 0.1) is 11.8 Å². The van der Waals surface area contributed by atoms with Gasteiger partial charge in [-0.15, -0.1) is 0 Å². The molecule has 0 bridgehead atoms. The number of aromatic hydroxyl groups is 1. The lowest BCUT2D eigenvalue weighted by Crippen LogP contribution is -2.31. The SMILES string of the molecule is CC1CCCC1Cn1c(O)cc(=O)[nH]c1=O. The van der Waals surface area contributed by atoms with Crippen molar-refractivity contribution < 1.29 is 5.11 Å². The minimum Gasteiger partial charge on any atom is -0.494 e. The van der Waals surface area contributed by atoms with Gasteiger partial charge >= 0.3 is 5.69 Å². The van der Waals surface area contributed by atoms with Crippen molar-refractivity contribution in [3.8, 4) is 5.88 Å². The topological polar surface area (TPSA) is 75.1 Å². The molecular formula is C11H16N2O3. The summed E-state index contributed by atoms with van der Waals surface area (Å²) in [7, 11) is 0. The molecule has 2 N–H and O–H groups in total. The molecule has 5 heteroatoms. The van der Waals surface area contributed by atoms with E-state index in [1.807, 2.05) is 0 Å². The van der Waals surface area contributed by atoms with Crippen molar-refractivity contribution in [1.82, 2.24) is 9.55 Å². The van der Waals surface area contributed by atoms with E-state index in [2.05, 4.69) is 11.9 Å². The number of nitrogens with zero attached hydrogens (tertiary/aromatic N) is 1. The molecule has 16 heavy (non-hydrogen) atoms. The molecule has 0 radical (unpaired) electrons. The van der Waals surface area contributed by atoms with Crippen LogP contribution in [-0.4, -0.2) is 14.7 Å². The van der Waals surface area contributed by atoms with Crippen LogP contribution in [0.3, 0.4) is 0 Å². The van der Waals surface area contributed by atoms with Gasteiger partial charge in [-0.25, -0.2) is 4.79 Å². The number of H-pyrrole nitrogens is 1. The molecule has 2 rings (SSSR count). The number of aromatic amines is 1. The first-order chi connectivity index (χ1) is 7.58. The summed E-state index contributed by atoms with van der Waals surface area (Å²) >= 11 is 0. The van der Waals surface area contributed by atoms with Gasteiger partial charge in [0.15, 0.2) is 0 Å². The fourth-order valence-corrected chi connectivity index (χ4v) is 2.41. The fourth-order valence-electron chi connectivity index (χ4n) is 2.41. The van der Waals surface area contributed by atoms with Gasteiger partial charge in [-0.2, -0.15) is 0 Å². The Kier molecular flexibility index (Phi) is 2.85. The Morgan fingerprint density at radius 2 is 2.25 bits per heavy atom. The predicted octanol–water partition coefficient (Wildman–Crippen LogP) is 0.678. The van der Waals surface area contributed by atoms with E-state index in [0.29, 0.717) is 18.4 Å². The Bertz CT molecular complexity index is 489. The van der Waals surface area contributed by atoms with E-state index in [4.69, 9.17) is 0 Å². The van der Waals surface area contributed by atoms with Gasteiger partial charge in [0.05, 0.1) is 6.07 Å². The van der Waals surface area contributed by atoms with Crippen molar-refractivity contribution in [2.24, 2.45) is 11.8 Å². The van der Waals surface area contributed by atoms with E-state index in [-0.39, 0.29) is 5.88 Å². The standard InChI is InChI=1S/C11H16N2O3/c1-7-3-2-4-8(7)6-13-10(15)5-9(14)12-11(13)16/h5,7-8,15H,2-4,6H2,1H3,(H,12,14,16). The molecule has 88 valence electrons. The maximum Gasteiger partial charge on any atom is 0.331 e. The zero-order valence-electron chi connectivity index (χ0n) is 9.27. The molecule has 2 unspecified atom stereocenters. The average molecular weight is 224 g/mol. The Morgan fingerprint density at radius 3 is 2.81 bits per heavy atom. The lowest BCUT2D eigenvalue weighted by atomic mass is 9.98. The third-order valence-electron chi connectivity index (χ3n) is 3.47. The molecule has 1 saturated carbocycles. The quantitative estimate of drug-likeness (QED) is 0.775. The van der Waals surface area contributed by atoms with Crippen molar-refractivity contribution in [1.29, 1.82) is 0 Å². The Morgan fingerprint density at radius 1 is 1.50 bits per heavy atom. The molecule has 1 fully saturated rings. The second-order valence-electron chi connectivity index (χ2n) is 4.58. The minimum absolute atomic E-state index is 0.243. The second-order valence-corrected chi connectivity index (χ2v) is 4.58. The van der Waals surface area contributed by atoms with Crippen LogP contribution in [-0.2, 0) is 6.54 Å². The predicted molar refractivity (Wildman–Crippen MR) is 59.5 cm³/mol. The molecule has 1 aromatic heterocycles. The lowest BCUT2D eigenvalue weighted by Gasteiger charge is -2.16. The highest BCUT2D eigenvalue weighted by Crippen LogP contribution is 2.32. The number of rotatable bonds is 2. The molecule has 0 aromatic carbocycles. The highest BCUT2D eigenvalue weighted by atomic mass is 16.3. The van der Waals surface area contributed by atoms with Gasteiger partial charge in [-0.3, -0.25) is 14.3 Å². The van der Waals surface area contributed by atoms with Gasteiger partial charge in [0.2, 0.25) is 5.88 Å². The van der Waals surface area contributed by atoms with Gasteiger partial charge in [0.1, 0.15) is 0 Å². The van der Waals surface area contributed by atoms with E-state index < -0.39 is 11.2 Å². The van der Waals surface area contributed by atoms with Gasteiger partial charge < -0.3 is 5.11 Å². The van der Waals surface area contributed by atoms with E-state index in [9.17, 15) is 14.7 Å². The summed E-state index contributed by atoms with van der Waals surface area (Å²) < 4.78 is 1.24. The molecule has 5 nitrogen and oxygen atoms in total. The molecule has 1 heterocycles. The average Bonchev–Trinajstić information content (AvgIpc) is 2.57. The Hall–Kier alpha value is -1.52. The summed E-state index contributed by atoms with van der Waals surface area (Å²) in [5.74, 6) is 0.737. The van der Waals surface area contributed by atoms with Crippen molar-refractivity contribution >= 4 is 0 Å². The number of hydrogen-bond acceptors (Lipinski definition) is 3. The van der Waals surface area contributed by atoms with E-state index in [0.717, 1.165) is 12.5 Å². The monoisotopic (exact) mass is 224 g/mol. The molecule has 2 atom stereocenters. The molecule has 0 aliphatic heterocycles. The summed E-state index contributed by atoms with van der Waals surface area (Å²) in [5, 5.41) is 9.56. The first-order valence-electron chi connectivity index (χ1n) is 5.61. The summed E-state index contributed by atoms with van der Waals surface area (Å²) in [4.78, 5) is 24.6. The fraction of sp³-hybridized carbons (Fsp3) is 0.636. The summed E-state index contributed by atoms with van der Waals surface area (Å²) in [6.07, 6.45) is 3.42. The Balaban J connectivity index is 2.28. The molecular weight excluding hydrogens is 208 g/mol. The van der Waals surface area contributed by atoms with E-state index >= 15 is 0 Å². The van der Waals surface area contributed by atoms with Crippen LogP contribution >= 0.6 is 0 Å². The highest BCUT2D eigenvalue weighted by Gasteiger charge is 2.24. The number of nitrogens with one attached hydrogen (secondary N) is 1. The van der Waals surface area contributed by atoms with Crippen LogP contribution in [0.1, 0.15) is 26.2 Å². The summed E-state index contributed by atoms with van der Waals surface area (Å²) in [5.41, 5.74) is -1.08. The molecule has 1 aliphatic carbocycles. The van der Waals surface area contributed by atoms with E-state index in [1.165, 1.54) is 17.4 Å². The maximum atomic E-state index is 11.5. The first-order valence-corrected chi connectivity index (χ1v) is 5.61. The van der Waals surface area contributed by atoms with Gasteiger partial charge in [-0.1, -0.05) is 19.8 Å². The molecule has 0 amide bonds.